The van der Waals surface area contributed by atoms with Crippen molar-refractivity contribution in [3.8, 4) is 0 Å². The van der Waals surface area contributed by atoms with Crippen molar-refractivity contribution in [2.45, 2.75) is 50.2 Å². The zero-order chi connectivity index (χ0) is 29.8. The van der Waals surface area contributed by atoms with Crippen molar-refractivity contribution < 1.29 is 31.2 Å². The molecule has 0 spiro atoms. The Morgan fingerprint density at radius 3 is 2.39 bits per heavy atom. The molecule has 6 nitrogen and oxygen atoms in total. The fraction of sp³-hybridized carbons (Fsp3) is 0.250. The predicted octanol–water partition coefficient (Wildman–Crippen LogP) is 6.33. The van der Waals surface area contributed by atoms with Gasteiger partial charge in [-0.3, -0.25) is 9.89 Å². The summed E-state index contributed by atoms with van der Waals surface area (Å²) in [6.07, 6.45) is 3.14. The van der Waals surface area contributed by atoms with Crippen molar-refractivity contribution in [1.82, 2.24) is 4.90 Å². The van der Waals surface area contributed by atoms with Crippen molar-refractivity contribution >= 4 is 39.2 Å². The maximum Gasteiger partial charge on any atom is 2.00 e. The molecule has 3 atom stereocenters. The van der Waals surface area contributed by atoms with Gasteiger partial charge in [0.25, 0.3) is 0 Å². The van der Waals surface area contributed by atoms with Gasteiger partial charge in [-0.15, -0.1) is 5.69 Å². The van der Waals surface area contributed by atoms with Crippen LogP contribution in [0.2, 0.25) is 0 Å². The van der Waals surface area contributed by atoms with E-state index in [4.69, 9.17) is 4.99 Å². The van der Waals surface area contributed by atoms with Gasteiger partial charge < -0.3 is 20.0 Å². The number of carboxylic acids is 1. The SMILES string of the molecule is O=C([O-])[C@@H](/N=C(\c1ccccc1)c1ccccc1[N-]C(=O)[C@@H]1CCCN1Cc1ccccc1)[C@@H]1CCc2ccc(Br)cc21.[Ni+2]. The van der Waals surface area contributed by atoms with Crippen molar-refractivity contribution in [1.29, 1.82) is 0 Å². The van der Waals surface area contributed by atoms with Gasteiger partial charge in [0.2, 0.25) is 0 Å². The number of hydrogen-bond acceptors (Lipinski definition) is 5. The van der Waals surface area contributed by atoms with E-state index in [0.29, 0.717) is 29.9 Å². The number of hydrogen-bond donors (Lipinski definition) is 0. The van der Waals surface area contributed by atoms with E-state index in [1.165, 1.54) is 0 Å². The molecule has 0 radical (unpaired) electrons. The van der Waals surface area contributed by atoms with E-state index >= 15 is 0 Å². The van der Waals surface area contributed by atoms with Crippen LogP contribution in [-0.4, -0.2) is 41.1 Å². The molecular weight excluding hydrogens is 661 g/mol. The molecule has 2 aliphatic rings. The molecule has 1 aliphatic carbocycles. The van der Waals surface area contributed by atoms with Crippen molar-refractivity contribution in [3.05, 3.63) is 141 Å². The molecule has 1 heterocycles. The Labute approximate surface area is 276 Å². The molecule has 0 N–H and O–H groups in total. The van der Waals surface area contributed by atoms with Crippen LogP contribution in [0.1, 0.15) is 53.0 Å². The van der Waals surface area contributed by atoms with E-state index in [1.807, 2.05) is 84.9 Å². The van der Waals surface area contributed by atoms with Gasteiger partial charge >= 0.3 is 16.5 Å². The van der Waals surface area contributed by atoms with Gasteiger partial charge in [-0.05, 0) is 66.6 Å². The normalized spacial score (nSPS) is 18.7. The molecule has 6 rings (SSSR count). The number of rotatable bonds is 9. The van der Waals surface area contributed by atoms with Gasteiger partial charge in [0.15, 0.2) is 0 Å². The number of aliphatic carboxylic acids is 1. The van der Waals surface area contributed by atoms with Crippen LogP contribution in [0.15, 0.2) is 113 Å². The number of nitrogens with zero attached hydrogens (tertiary/aromatic N) is 3. The van der Waals surface area contributed by atoms with E-state index < -0.39 is 12.0 Å². The Morgan fingerprint density at radius 1 is 0.932 bits per heavy atom. The number of carboxylic acid groups (broad SMARTS) is 1. The topological polar surface area (TPSA) is 86.9 Å². The number of para-hydroxylation sites is 1. The third-order valence-corrected chi connectivity index (χ3v) is 8.93. The Morgan fingerprint density at radius 2 is 1.64 bits per heavy atom. The van der Waals surface area contributed by atoms with Gasteiger partial charge in [0.05, 0.1) is 29.7 Å². The third kappa shape index (κ3) is 7.04. The predicted molar refractivity (Wildman–Crippen MR) is 170 cm³/mol. The summed E-state index contributed by atoms with van der Waals surface area (Å²) in [6, 6.07) is 31.6. The van der Waals surface area contributed by atoms with Crippen molar-refractivity contribution in [3.63, 3.8) is 0 Å². The first-order valence-electron chi connectivity index (χ1n) is 14.7. The van der Waals surface area contributed by atoms with Crippen molar-refractivity contribution in [2.24, 2.45) is 4.99 Å². The van der Waals surface area contributed by atoms with Gasteiger partial charge in [-0.1, -0.05) is 107 Å². The number of halogens is 1. The minimum atomic E-state index is -1.22. The first-order chi connectivity index (χ1) is 21.0. The van der Waals surface area contributed by atoms with Crippen LogP contribution >= 0.6 is 15.9 Å². The zero-order valence-corrected chi connectivity index (χ0v) is 26.6. The third-order valence-electron chi connectivity index (χ3n) is 8.44. The number of benzene rings is 4. The smallest absolute Gasteiger partial charge is 0.625 e. The van der Waals surface area contributed by atoms with E-state index in [1.54, 1.807) is 6.07 Å². The number of likely N-dealkylation sites (tertiary alicyclic amines) is 1. The zero-order valence-electron chi connectivity index (χ0n) is 24.1. The number of carbonyl (C=O) groups is 2. The van der Waals surface area contributed by atoms with Crippen LogP contribution in [-0.2, 0) is 39.0 Å². The summed E-state index contributed by atoms with van der Waals surface area (Å²) in [5.74, 6) is -1.74. The number of aliphatic imine (C=N–C) groups is 1. The molecule has 0 unspecified atom stereocenters. The monoisotopic (exact) mass is 691 g/mol. The van der Waals surface area contributed by atoms with E-state index in [2.05, 4.69) is 38.3 Å². The largest absolute Gasteiger partial charge is 2.00 e. The van der Waals surface area contributed by atoms with Crippen LogP contribution in [0.25, 0.3) is 5.32 Å². The molecule has 1 aliphatic heterocycles. The van der Waals surface area contributed by atoms with Crippen molar-refractivity contribution in [2.75, 3.05) is 6.54 Å². The fourth-order valence-corrected chi connectivity index (χ4v) is 6.73. The second-order valence-corrected chi connectivity index (χ2v) is 12.1. The summed E-state index contributed by atoms with van der Waals surface area (Å²) >= 11 is 3.54. The summed E-state index contributed by atoms with van der Waals surface area (Å²) in [4.78, 5) is 33.5. The maximum absolute atomic E-state index is 13.7. The summed E-state index contributed by atoms with van der Waals surface area (Å²) in [5, 5.41) is 17.3. The molecular formula is C36H32BrN3NiO3. The molecule has 44 heavy (non-hydrogen) atoms. The summed E-state index contributed by atoms with van der Waals surface area (Å²) < 4.78 is 0.901. The first kappa shape index (κ1) is 31.8. The number of amides is 1. The number of fused-ring (bicyclic) bond motifs is 1. The molecule has 8 heteroatoms. The second-order valence-electron chi connectivity index (χ2n) is 11.2. The van der Waals surface area contributed by atoms with E-state index in [0.717, 1.165) is 52.5 Å². The van der Waals surface area contributed by atoms with E-state index in [9.17, 15) is 14.7 Å². The average Bonchev–Trinajstić information content (AvgIpc) is 3.66. The minimum absolute atomic E-state index is 0. The van der Waals surface area contributed by atoms with Crippen LogP contribution < -0.4 is 5.11 Å². The maximum atomic E-state index is 13.7. The standard InChI is InChI=1S/C36H34BrN3O3.Ni/c37-27-19-17-25-18-20-28(30(25)22-27)34(36(42)43)39-33(26-12-5-2-6-13-26)29-14-7-8-15-31(29)38-35(41)32-16-9-21-40(32)23-24-10-3-1-4-11-24;/h1-8,10-15,17,19,22,28,32,34H,9,16,18,20-21,23H2,(H2,38,39,41,42,43);/q;+2/p-2/t28-,32+,34+;/m1./s1. The Balaban J connectivity index is 0.00000384. The van der Waals surface area contributed by atoms with Gasteiger partial charge in [0.1, 0.15) is 0 Å². The molecule has 1 amide bonds. The van der Waals surface area contributed by atoms with Gasteiger partial charge in [-0.2, -0.15) is 0 Å². The van der Waals surface area contributed by atoms with Crippen LogP contribution in [0.3, 0.4) is 0 Å². The number of carbonyl (C=O) groups excluding carboxylic acids is 2. The molecule has 4 aromatic carbocycles. The molecule has 4 aromatic rings. The van der Waals surface area contributed by atoms with E-state index in [-0.39, 0.29) is 34.4 Å². The quantitative estimate of drug-likeness (QED) is 0.152. The number of aryl methyl sites for hydroxylation is 1. The molecule has 1 saturated heterocycles. The summed E-state index contributed by atoms with van der Waals surface area (Å²) in [5.41, 5.74) is 5.61. The minimum Gasteiger partial charge on any atom is -0.625 e. The summed E-state index contributed by atoms with van der Waals surface area (Å²) in [6.45, 7) is 1.53. The summed E-state index contributed by atoms with van der Waals surface area (Å²) in [7, 11) is 0. The Bertz CT molecular complexity index is 1650. The Kier molecular flexibility index (Phi) is 10.5. The van der Waals surface area contributed by atoms with Crippen LogP contribution in [0.4, 0.5) is 5.69 Å². The molecule has 226 valence electrons. The fourth-order valence-electron chi connectivity index (χ4n) is 6.35. The Hall–Kier alpha value is -3.58. The second kappa shape index (κ2) is 14.5. The van der Waals surface area contributed by atoms with Gasteiger partial charge in [-0.25, -0.2) is 0 Å². The van der Waals surface area contributed by atoms with Crippen LogP contribution in [0, 0.1) is 0 Å². The molecule has 0 bridgehead atoms. The van der Waals surface area contributed by atoms with Crippen LogP contribution in [0.5, 0.6) is 0 Å². The molecule has 1 fully saturated rings. The molecule has 0 saturated carbocycles. The molecule has 0 aromatic heterocycles. The van der Waals surface area contributed by atoms with Gasteiger partial charge in [0, 0.05) is 22.5 Å². The average molecular weight is 693 g/mol. The first-order valence-corrected chi connectivity index (χ1v) is 15.5.